The highest BCUT2D eigenvalue weighted by molar-refractivity contribution is 6.18. The van der Waals surface area contributed by atoms with E-state index < -0.39 is 0 Å². The second-order valence-corrected chi connectivity index (χ2v) is 5.21. The first-order valence-electron chi connectivity index (χ1n) is 6.59. The summed E-state index contributed by atoms with van der Waals surface area (Å²) >= 11 is 5.83. The molecular weight excluding hydrogens is 266 g/mol. The van der Waals surface area contributed by atoms with E-state index in [2.05, 4.69) is 5.10 Å². The zero-order valence-electron chi connectivity index (χ0n) is 11.6. The van der Waals surface area contributed by atoms with Gasteiger partial charge in [-0.1, -0.05) is 0 Å². The van der Waals surface area contributed by atoms with Gasteiger partial charge in [0.05, 0.1) is 30.3 Å². The SMILES string of the molecule is CCn1nc(C)cc1C(=O)N1CC(CCl)OCC1C. The van der Waals surface area contributed by atoms with Crippen LogP contribution in [0.2, 0.25) is 0 Å². The van der Waals surface area contributed by atoms with Crippen molar-refractivity contribution in [3.63, 3.8) is 0 Å². The lowest BCUT2D eigenvalue weighted by Gasteiger charge is -2.37. The largest absolute Gasteiger partial charge is 0.373 e. The number of amides is 1. The summed E-state index contributed by atoms with van der Waals surface area (Å²) < 4.78 is 7.31. The van der Waals surface area contributed by atoms with Crippen LogP contribution in [0.15, 0.2) is 6.07 Å². The van der Waals surface area contributed by atoms with Crippen LogP contribution < -0.4 is 0 Å². The standard InChI is InChI=1S/C13H20ClN3O2/c1-4-17-12(5-9(2)15-17)13(18)16-7-11(6-14)19-8-10(16)3/h5,10-11H,4,6-8H2,1-3H3. The average Bonchev–Trinajstić information content (AvgIpc) is 2.79. The van der Waals surface area contributed by atoms with Gasteiger partial charge in [0.15, 0.2) is 0 Å². The van der Waals surface area contributed by atoms with Crippen molar-refractivity contribution in [2.45, 2.75) is 39.5 Å². The first-order valence-corrected chi connectivity index (χ1v) is 7.13. The number of hydrogen-bond acceptors (Lipinski definition) is 3. The van der Waals surface area contributed by atoms with Crippen LogP contribution in [0.5, 0.6) is 0 Å². The Balaban J connectivity index is 2.21. The number of carbonyl (C=O) groups is 1. The normalized spacial score (nSPS) is 23.7. The second kappa shape index (κ2) is 5.92. The lowest BCUT2D eigenvalue weighted by Crippen LogP contribution is -2.51. The van der Waals surface area contributed by atoms with Gasteiger partial charge in [0.25, 0.3) is 5.91 Å². The predicted octanol–water partition coefficient (Wildman–Crippen LogP) is 1.68. The molecule has 0 radical (unpaired) electrons. The number of halogens is 1. The van der Waals surface area contributed by atoms with Gasteiger partial charge in [0, 0.05) is 13.1 Å². The summed E-state index contributed by atoms with van der Waals surface area (Å²) in [6.07, 6.45) is -0.0825. The molecule has 19 heavy (non-hydrogen) atoms. The molecule has 5 nitrogen and oxygen atoms in total. The fourth-order valence-corrected chi connectivity index (χ4v) is 2.49. The van der Waals surface area contributed by atoms with Gasteiger partial charge in [0.1, 0.15) is 5.69 Å². The summed E-state index contributed by atoms with van der Waals surface area (Å²) in [5, 5.41) is 4.32. The highest BCUT2D eigenvalue weighted by atomic mass is 35.5. The van der Waals surface area contributed by atoms with Gasteiger partial charge < -0.3 is 9.64 Å². The third kappa shape index (κ3) is 2.92. The van der Waals surface area contributed by atoms with Crippen LogP contribution in [-0.2, 0) is 11.3 Å². The molecule has 6 heteroatoms. The average molecular weight is 286 g/mol. The van der Waals surface area contributed by atoms with E-state index in [9.17, 15) is 4.79 Å². The number of morpholine rings is 1. The second-order valence-electron chi connectivity index (χ2n) is 4.90. The van der Waals surface area contributed by atoms with Crippen molar-refractivity contribution in [2.75, 3.05) is 19.0 Å². The molecule has 2 atom stereocenters. The van der Waals surface area contributed by atoms with Crippen molar-refractivity contribution in [3.8, 4) is 0 Å². The number of alkyl halides is 1. The molecule has 1 fully saturated rings. The van der Waals surface area contributed by atoms with E-state index in [1.165, 1.54) is 0 Å². The molecule has 1 amide bonds. The molecule has 0 aliphatic carbocycles. The third-order valence-corrected chi connectivity index (χ3v) is 3.70. The van der Waals surface area contributed by atoms with Crippen LogP contribution in [0.25, 0.3) is 0 Å². The summed E-state index contributed by atoms with van der Waals surface area (Å²) in [6, 6.07) is 1.90. The topological polar surface area (TPSA) is 47.4 Å². The molecule has 2 rings (SSSR count). The quantitative estimate of drug-likeness (QED) is 0.794. The van der Waals surface area contributed by atoms with Gasteiger partial charge in [-0.25, -0.2) is 0 Å². The molecule has 0 N–H and O–H groups in total. The van der Waals surface area contributed by atoms with E-state index in [0.717, 1.165) is 5.69 Å². The molecule has 1 aliphatic rings. The number of nitrogens with zero attached hydrogens (tertiary/aromatic N) is 3. The number of carbonyl (C=O) groups excluding carboxylic acids is 1. The van der Waals surface area contributed by atoms with E-state index in [1.54, 1.807) is 4.68 Å². The number of hydrogen-bond donors (Lipinski definition) is 0. The fraction of sp³-hybridized carbons (Fsp3) is 0.692. The maximum Gasteiger partial charge on any atom is 0.272 e. The van der Waals surface area contributed by atoms with Crippen molar-refractivity contribution in [1.82, 2.24) is 14.7 Å². The lowest BCUT2D eigenvalue weighted by atomic mass is 10.2. The minimum atomic E-state index is -0.0825. The Kier molecular flexibility index (Phi) is 4.47. The minimum absolute atomic E-state index is 0.00775. The van der Waals surface area contributed by atoms with E-state index in [4.69, 9.17) is 16.3 Å². The van der Waals surface area contributed by atoms with Gasteiger partial charge in [-0.05, 0) is 26.8 Å². The molecule has 1 aromatic rings. The Bertz CT molecular complexity index is 461. The molecule has 106 valence electrons. The number of aryl methyl sites for hydroxylation is 2. The first kappa shape index (κ1) is 14.3. The third-order valence-electron chi connectivity index (χ3n) is 3.36. The van der Waals surface area contributed by atoms with Crippen LogP contribution in [0.1, 0.15) is 30.0 Å². The van der Waals surface area contributed by atoms with E-state index in [0.29, 0.717) is 31.3 Å². The van der Waals surface area contributed by atoms with Gasteiger partial charge in [-0.3, -0.25) is 9.48 Å². The van der Waals surface area contributed by atoms with Gasteiger partial charge in [0.2, 0.25) is 0 Å². The summed E-state index contributed by atoms with van der Waals surface area (Å²) in [5.41, 5.74) is 1.50. The summed E-state index contributed by atoms with van der Waals surface area (Å²) in [4.78, 5) is 14.5. The molecule has 2 unspecified atom stereocenters. The minimum Gasteiger partial charge on any atom is -0.373 e. The summed E-state index contributed by atoms with van der Waals surface area (Å²) in [5.74, 6) is 0.413. The maximum atomic E-state index is 12.6. The molecule has 1 aliphatic heterocycles. The highest BCUT2D eigenvalue weighted by Gasteiger charge is 2.31. The van der Waals surface area contributed by atoms with Crippen LogP contribution in [0.3, 0.4) is 0 Å². The van der Waals surface area contributed by atoms with Crippen LogP contribution in [0.4, 0.5) is 0 Å². The van der Waals surface area contributed by atoms with E-state index in [-0.39, 0.29) is 18.1 Å². The Morgan fingerprint density at radius 2 is 2.37 bits per heavy atom. The Morgan fingerprint density at radius 3 is 3.00 bits per heavy atom. The Hall–Kier alpha value is -1.07. The van der Waals surface area contributed by atoms with Crippen molar-refractivity contribution in [2.24, 2.45) is 0 Å². The number of rotatable bonds is 3. The Morgan fingerprint density at radius 1 is 1.63 bits per heavy atom. The van der Waals surface area contributed by atoms with Crippen molar-refractivity contribution >= 4 is 17.5 Å². The molecule has 1 saturated heterocycles. The van der Waals surface area contributed by atoms with Crippen molar-refractivity contribution in [3.05, 3.63) is 17.5 Å². The molecule has 0 spiro atoms. The van der Waals surface area contributed by atoms with Crippen molar-refractivity contribution in [1.29, 1.82) is 0 Å². The number of aromatic nitrogens is 2. The molecule has 2 heterocycles. The Labute approximate surface area is 118 Å². The van der Waals surface area contributed by atoms with Crippen LogP contribution in [0, 0.1) is 6.92 Å². The summed E-state index contributed by atoms with van der Waals surface area (Å²) in [6.45, 7) is 7.62. The molecule has 0 saturated carbocycles. The number of ether oxygens (including phenoxy) is 1. The first-order chi connectivity index (χ1) is 9.06. The van der Waals surface area contributed by atoms with E-state index >= 15 is 0 Å². The van der Waals surface area contributed by atoms with Crippen molar-refractivity contribution < 1.29 is 9.53 Å². The van der Waals surface area contributed by atoms with Crippen LogP contribution in [-0.4, -0.2) is 51.8 Å². The zero-order chi connectivity index (χ0) is 14.0. The van der Waals surface area contributed by atoms with E-state index in [1.807, 2.05) is 31.7 Å². The van der Waals surface area contributed by atoms with Gasteiger partial charge in [-0.15, -0.1) is 11.6 Å². The summed E-state index contributed by atoms with van der Waals surface area (Å²) in [7, 11) is 0. The highest BCUT2D eigenvalue weighted by Crippen LogP contribution is 2.17. The molecular formula is C13H20ClN3O2. The molecule has 0 bridgehead atoms. The predicted molar refractivity (Wildman–Crippen MR) is 73.6 cm³/mol. The zero-order valence-corrected chi connectivity index (χ0v) is 12.4. The molecule has 0 aromatic carbocycles. The smallest absolute Gasteiger partial charge is 0.272 e. The van der Waals surface area contributed by atoms with Gasteiger partial charge >= 0.3 is 0 Å². The molecule has 1 aromatic heterocycles. The maximum absolute atomic E-state index is 12.6. The fourth-order valence-electron chi connectivity index (χ4n) is 2.30. The lowest BCUT2D eigenvalue weighted by molar-refractivity contribution is -0.0375. The monoisotopic (exact) mass is 285 g/mol. The van der Waals surface area contributed by atoms with Crippen LogP contribution >= 0.6 is 11.6 Å². The van der Waals surface area contributed by atoms with Gasteiger partial charge in [-0.2, -0.15) is 5.10 Å².